The molecule has 1 aliphatic rings. The lowest BCUT2D eigenvalue weighted by Crippen LogP contribution is -2.49. The fourth-order valence-corrected chi connectivity index (χ4v) is 2.91. The molecule has 0 spiro atoms. The minimum Gasteiger partial charge on any atom is -0.342 e. The highest BCUT2D eigenvalue weighted by Gasteiger charge is 2.21. The maximum absolute atomic E-state index is 12.4. The molecule has 0 atom stereocenters. The molecule has 1 saturated heterocycles. The Morgan fingerprint density at radius 3 is 2.40 bits per heavy atom. The van der Waals surface area contributed by atoms with Gasteiger partial charge >= 0.3 is 0 Å². The van der Waals surface area contributed by atoms with E-state index in [2.05, 4.69) is 21.0 Å². The summed E-state index contributed by atoms with van der Waals surface area (Å²) in [5.74, 6) is -0.173. The van der Waals surface area contributed by atoms with E-state index in [9.17, 15) is 14.4 Å². The SMILES string of the molecule is O=CN1CCN(C(=O)Cn2nc(-c3ccc(Br)cc3)ccc2=O)CC1. The molecule has 2 amide bonds. The van der Waals surface area contributed by atoms with Crippen LogP contribution in [0.4, 0.5) is 0 Å². The summed E-state index contributed by atoms with van der Waals surface area (Å²) >= 11 is 3.38. The van der Waals surface area contributed by atoms with Gasteiger partial charge in [-0.15, -0.1) is 0 Å². The zero-order chi connectivity index (χ0) is 17.8. The van der Waals surface area contributed by atoms with Gasteiger partial charge in [-0.05, 0) is 18.2 Å². The number of rotatable bonds is 4. The van der Waals surface area contributed by atoms with E-state index in [-0.39, 0.29) is 18.0 Å². The Morgan fingerprint density at radius 1 is 1.08 bits per heavy atom. The molecular formula is C17H17BrN4O3. The van der Waals surface area contributed by atoms with E-state index in [0.717, 1.165) is 16.4 Å². The van der Waals surface area contributed by atoms with Crippen LogP contribution in [-0.4, -0.2) is 58.1 Å². The highest BCUT2D eigenvalue weighted by molar-refractivity contribution is 9.10. The molecule has 2 aromatic rings. The topological polar surface area (TPSA) is 75.5 Å². The maximum Gasteiger partial charge on any atom is 0.267 e. The van der Waals surface area contributed by atoms with Gasteiger partial charge in [0.05, 0.1) is 5.69 Å². The standard InChI is InChI=1S/C17H17BrN4O3/c18-14-3-1-13(2-4-14)15-5-6-16(24)22(19-15)11-17(25)21-9-7-20(12-23)8-10-21/h1-6,12H,7-11H2. The minimum atomic E-state index is -0.319. The van der Waals surface area contributed by atoms with Gasteiger partial charge < -0.3 is 9.80 Å². The summed E-state index contributed by atoms with van der Waals surface area (Å²) in [7, 11) is 0. The molecule has 0 unspecified atom stereocenters. The van der Waals surface area contributed by atoms with Crippen molar-refractivity contribution in [2.75, 3.05) is 26.2 Å². The zero-order valence-electron chi connectivity index (χ0n) is 13.5. The third-order valence-electron chi connectivity index (χ3n) is 4.11. The molecule has 1 aliphatic heterocycles. The first-order chi connectivity index (χ1) is 12.1. The van der Waals surface area contributed by atoms with Crippen LogP contribution in [0, 0.1) is 0 Å². The molecule has 1 aromatic heterocycles. The summed E-state index contributed by atoms with van der Waals surface area (Å²) in [6, 6.07) is 10.6. The van der Waals surface area contributed by atoms with Crippen LogP contribution in [0.15, 0.2) is 45.7 Å². The van der Waals surface area contributed by atoms with Crippen LogP contribution < -0.4 is 5.56 Å². The number of piperazine rings is 1. The third-order valence-corrected chi connectivity index (χ3v) is 4.64. The van der Waals surface area contributed by atoms with Crippen LogP contribution in [0.25, 0.3) is 11.3 Å². The van der Waals surface area contributed by atoms with Gasteiger partial charge in [-0.1, -0.05) is 28.1 Å². The van der Waals surface area contributed by atoms with E-state index < -0.39 is 0 Å². The Bertz CT molecular complexity index is 827. The van der Waals surface area contributed by atoms with Gasteiger partial charge in [-0.25, -0.2) is 4.68 Å². The number of halogens is 1. The van der Waals surface area contributed by atoms with Crippen molar-refractivity contribution in [2.45, 2.75) is 6.54 Å². The molecule has 3 rings (SSSR count). The Labute approximate surface area is 153 Å². The zero-order valence-corrected chi connectivity index (χ0v) is 15.1. The maximum atomic E-state index is 12.4. The van der Waals surface area contributed by atoms with Crippen LogP contribution >= 0.6 is 15.9 Å². The highest BCUT2D eigenvalue weighted by atomic mass is 79.9. The fraction of sp³-hybridized carbons (Fsp3) is 0.294. The van der Waals surface area contributed by atoms with Crippen molar-refractivity contribution in [1.29, 1.82) is 0 Å². The number of hydrogen-bond acceptors (Lipinski definition) is 4. The summed E-state index contributed by atoms with van der Waals surface area (Å²) < 4.78 is 2.14. The summed E-state index contributed by atoms with van der Waals surface area (Å²) in [6.07, 6.45) is 0.787. The van der Waals surface area contributed by atoms with Gasteiger partial charge in [0.2, 0.25) is 12.3 Å². The van der Waals surface area contributed by atoms with Crippen molar-refractivity contribution in [1.82, 2.24) is 19.6 Å². The van der Waals surface area contributed by atoms with E-state index in [1.807, 2.05) is 24.3 Å². The fourth-order valence-electron chi connectivity index (χ4n) is 2.64. The third kappa shape index (κ3) is 4.14. The van der Waals surface area contributed by atoms with Crippen LogP contribution in [-0.2, 0) is 16.1 Å². The largest absolute Gasteiger partial charge is 0.342 e. The van der Waals surface area contributed by atoms with Crippen LogP contribution in [0.5, 0.6) is 0 Å². The monoisotopic (exact) mass is 404 g/mol. The predicted molar refractivity (Wildman–Crippen MR) is 95.9 cm³/mol. The molecular weight excluding hydrogens is 388 g/mol. The number of hydrogen-bond donors (Lipinski definition) is 0. The molecule has 1 fully saturated rings. The molecule has 2 heterocycles. The van der Waals surface area contributed by atoms with E-state index in [1.54, 1.807) is 15.9 Å². The molecule has 1 aromatic carbocycles. The van der Waals surface area contributed by atoms with Gasteiger partial charge in [0, 0.05) is 42.3 Å². The predicted octanol–water partition coefficient (Wildman–Crippen LogP) is 0.973. The number of carbonyl (C=O) groups is 2. The van der Waals surface area contributed by atoms with Crippen molar-refractivity contribution < 1.29 is 9.59 Å². The highest BCUT2D eigenvalue weighted by Crippen LogP contribution is 2.18. The quantitative estimate of drug-likeness (QED) is 0.711. The lowest BCUT2D eigenvalue weighted by atomic mass is 10.1. The van der Waals surface area contributed by atoms with Gasteiger partial charge in [-0.3, -0.25) is 14.4 Å². The van der Waals surface area contributed by atoms with Crippen LogP contribution in [0.1, 0.15) is 0 Å². The second-order valence-corrected chi connectivity index (χ2v) is 6.66. The van der Waals surface area contributed by atoms with Crippen LogP contribution in [0.3, 0.4) is 0 Å². The average molecular weight is 405 g/mol. The molecule has 0 bridgehead atoms. The molecule has 130 valence electrons. The second-order valence-electron chi connectivity index (χ2n) is 5.74. The summed E-state index contributed by atoms with van der Waals surface area (Å²) in [6.45, 7) is 1.86. The van der Waals surface area contributed by atoms with Gasteiger partial charge in [0.25, 0.3) is 5.56 Å². The minimum absolute atomic E-state index is 0.107. The second kappa shape index (κ2) is 7.60. The van der Waals surface area contributed by atoms with Crippen molar-refractivity contribution in [3.63, 3.8) is 0 Å². The summed E-state index contributed by atoms with van der Waals surface area (Å²) in [5.41, 5.74) is 1.18. The first kappa shape index (κ1) is 17.3. The molecule has 0 radical (unpaired) electrons. The summed E-state index contributed by atoms with van der Waals surface area (Å²) in [4.78, 5) is 38.5. The van der Waals surface area contributed by atoms with Gasteiger partial charge in [-0.2, -0.15) is 5.10 Å². The van der Waals surface area contributed by atoms with Gasteiger partial charge in [0.15, 0.2) is 0 Å². The number of nitrogens with zero attached hydrogens (tertiary/aromatic N) is 4. The first-order valence-electron chi connectivity index (χ1n) is 7.88. The molecule has 0 N–H and O–H groups in total. The van der Waals surface area contributed by atoms with E-state index in [0.29, 0.717) is 31.9 Å². The smallest absolute Gasteiger partial charge is 0.267 e. The Morgan fingerprint density at radius 2 is 1.76 bits per heavy atom. The van der Waals surface area contributed by atoms with Crippen LogP contribution in [0.2, 0.25) is 0 Å². The number of aromatic nitrogens is 2. The van der Waals surface area contributed by atoms with Crippen molar-refractivity contribution >= 4 is 28.2 Å². The average Bonchev–Trinajstić information content (AvgIpc) is 2.64. The van der Waals surface area contributed by atoms with E-state index in [1.165, 1.54) is 10.7 Å². The van der Waals surface area contributed by atoms with Gasteiger partial charge in [0.1, 0.15) is 6.54 Å². The molecule has 7 nitrogen and oxygen atoms in total. The number of amides is 2. The lowest BCUT2D eigenvalue weighted by molar-refractivity contribution is -0.135. The Hall–Kier alpha value is -2.48. The first-order valence-corrected chi connectivity index (χ1v) is 8.67. The van der Waals surface area contributed by atoms with E-state index in [4.69, 9.17) is 0 Å². The molecule has 0 saturated carbocycles. The van der Waals surface area contributed by atoms with E-state index >= 15 is 0 Å². The summed E-state index contributed by atoms with van der Waals surface area (Å²) in [5, 5.41) is 4.31. The van der Waals surface area contributed by atoms with Crippen molar-refractivity contribution in [3.8, 4) is 11.3 Å². The van der Waals surface area contributed by atoms with Crippen molar-refractivity contribution in [2.24, 2.45) is 0 Å². The van der Waals surface area contributed by atoms with Crippen molar-refractivity contribution in [3.05, 3.63) is 51.2 Å². The molecule has 0 aliphatic carbocycles. The number of carbonyl (C=O) groups excluding carboxylic acids is 2. The Balaban J connectivity index is 1.75. The lowest BCUT2D eigenvalue weighted by Gasteiger charge is -2.32. The molecule has 25 heavy (non-hydrogen) atoms. The molecule has 8 heteroatoms. The normalized spacial score (nSPS) is 14.4. The number of benzene rings is 1. The Kier molecular flexibility index (Phi) is 5.28.